The number of nitrogens with zero attached hydrogens (tertiary/aromatic N) is 4. The van der Waals surface area contributed by atoms with Gasteiger partial charge in [0.15, 0.2) is 5.78 Å². The number of carbonyl (C=O) groups excluding carboxylic acids is 1. The summed E-state index contributed by atoms with van der Waals surface area (Å²) in [5.41, 5.74) is 3.44. The van der Waals surface area contributed by atoms with Crippen LogP contribution >= 0.6 is 0 Å². The van der Waals surface area contributed by atoms with Crippen molar-refractivity contribution in [3.63, 3.8) is 0 Å². The van der Waals surface area contributed by atoms with E-state index in [-0.39, 0.29) is 17.9 Å². The highest BCUT2D eigenvalue weighted by Crippen LogP contribution is 2.18. The van der Waals surface area contributed by atoms with E-state index in [0.717, 1.165) is 16.8 Å². The summed E-state index contributed by atoms with van der Waals surface area (Å²) in [6, 6.07) is 18.0. The summed E-state index contributed by atoms with van der Waals surface area (Å²) in [6.45, 7) is 0.0169. The quantitative estimate of drug-likeness (QED) is 0.503. The van der Waals surface area contributed by atoms with Crippen LogP contribution in [0, 0.1) is 0 Å². The molecule has 3 heterocycles. The van der Waals surface area contributed by atoms with Crippen molar-refractivity contribution in [2.75, 3.05) is 11.9 Å². The van der Waals surface area contributed by atoms with Crippen LogP contribution in [0.4, 0.5) is 5.95 Å². The summed E-state index contributed by atoms with van der Waals surface area (Å²) in [4.78, 5) is 37.7. The minimum atomic E-state index is -0.216. The Hall–Kier alpha value is -4.13. The molecule has 1 N–H and O–H groups in total. The van der Waals surface area contributed by atoms with Gasteiger partial charge in [-0.15, -0.1) is 0 Å². The maximum absolute atomic E-state index is 12.6. The second kappa shape index (κ2) is 8.48. The molecule has 0 bridgehead atoms. The molecule has 148 valence electrons. The summed E-state index contributed by atoms with van der Waals surface area (Å²) in [7, 11) is 1.61. The lowest BCUT2D eigenvalue weighted by atomic mass is 10.1. The predicted molar refractivity (Wildman–Crippen MR) is 115 cm³/mol. The molecule has 0 fully saturated rings. The van der Waals surface area contributed by atoms with Gasteiger partial charge in [-0.3, -0.25) is 24.1 Å². The van der Waals surface area contributed by atoms with Gasteiger partial charge in [0.05, 0.1) is 17.9 Å². The second-order valence-corrected chi connectivity index (χ2v) is 6.67. The number of hydrogen-bond donors (Lipinski definition) is 1. The van der Waals surface area contributed by atoms with E-state index in [2.05, 4.69) is 20.3 Å². The Balaban J connectivity index is 1.50. The zero-order valence-corrected chi connectivity index (χ0v) is 16.3. The Morgan fingerprint density at radius 3 is 2.37 bits per heavy atom. The van der Waals surface area contributed by atoms with Crippen LogP contribution in [0.15, 0.2) is 84.0 Å². The fourth-order valence-electron chi connectivity index (χ4n) is 2.99. The van der Waals surface area contributed by atoms with Gasteiger partial charge in [0.2, 0.25) is 5.95 Å². The number of Topliss-reactive ketones (excluding diaryl/α,β-unsaturated/α-hetero) is 1. The van der Waals surface area contributed by atoms with Gasteiger partial charge in [0.1, 0.15) is 0 Å². The molecule has 4 rings (SSSR count). The Morgan fingerprint density at radius 1 is 0.933 bits per heavy atom. The van der Waals surface area contributed by atoms with Gasteiger partial charge < -0.3 is 5.32 Å². The molecular weight excluding hydrogens is 378 g/mol. The largest absolute Gasteiger partial charge is 0.348 e. The third-order valence-electron chi connectivity index (χ3n) is 4.69. The molecular formula is C23H19N5O2. The van der Waals surface area contributed by atoms with Crippen LogP contribution in [0.3, 0.4) is 0 Å². The van der Waals surface area contributed by atoms with Gasteiger partial charge in [-0.05, 0) is 24.3 Å². The Bertz CT molecular complexity index is 1220. The number of carbonyl (C=O) groups is 1. The first-order chi connectivity index (χ1) is 14.6. The van der Waals surface area contributed by atoms with Crippen molar-refractivity contribution in [1.29, 1.82) is 0 Å². The maximum atomic E-state index is 12.6. The monoisotopic (exact) mass is 397 g/mol. The number of pyridine rings is 2. The lowest BCUT2D eigenvalue weighted by molar-refractivity contribution is 0.101. The highest BCUT2D eigenvalue weighted by Gasteiger charge is 2.11. The summed E-state index contributed by atoms with van der Waals surface area (Å²) in [5.74, 6) is 0.221. The van der Waals surface area contributed by atoms with E-state index in [0.29, 0.717) is 17.2 Å². The first-order valence-corrected chi connectivity index (χ1v) is 9.39. The number of aromatic nitrogens is 4. The van der Waals surface area contributed by atoms with Gasteiger partial charge in [0, 0.05) is 48.4 Å². The van der Waals surface area contributed by atoms with Crippen LogP contribution < -0.4 is 10.9 Å². The lowest BCUT2D eigenvalue weighted by Gasteiger charge is -2.11. The number of benzene rings is 1. The molecule has 0 amide bonds. The van der Waals surface area contributed by atoms with Crippen molar-refractivity contribution >= 4 is 11.7 Å². The third kappa shape index (κ3) is 4.15. The molecule has 0 atom stereocenters. The smallest absolute Gasteiger partial charge is 0.255 e. The van der Waals surface area contributed by atoms with E-state index < -0.39 is 0 Å². The average molecular weight is 397 g/mol. The minimum Gasteiger partial charge on any atom is -0.348 e. The van der Waals surface area contributed by atoms with Crippen molar-refractivity contribution < 1.29 is 4.79 Å². The molecule has 3 aromatic heterocycles. The number of rotatable bonds is 6. The molecule has 0 aliphatic heterocycles. The fourth-order valence-corrected chi connectivity index (χ4v) is 2.99. The molecule has 7 heteroatoms. The fraction of sp³-hybridized carbons (Fsp3) is 0.0870. The van der Waals surface area contributed by atoms with Gasteiger partial charge in [-0.25, -0.2) is 4.98 Å². The molecule has 0 radical (unpaired) electrons. The first kappa shape index (κ1) is 19.2. The molecule has 0 saturated carbocycles. The van der Waals surface area contributed by atoms with E-state index in [4.69, 9.17) is 0 Å². The Morgan fingerprint density at radius 2 is 1.67 bits per heavy atom. The summed E-state index contributed by atoms with van der Waals surface area (Å²) < 4.78 is 1.38. The molecule has 0 aliphatic carbocycles. The number of nitrogens with one attached hydrogen (secondary N) is 1. The van der Waals surface area contributed by atoms with E-state index in [1.807, 2.05) is 30.3 Å². The number of hydrogen-bond acceptors (Lipinski definition) is 6. The highest BCUT2D eigenvalue weighted by molar-refractivity contribution is 5.99. The number of ketones is 1. The van der Waals surface area contributed by atoms with Crippen molar-refractivity contribution in [2.45, 2.75) is 0 Å². The van der Waals surface area contributed by atoms with Gasteiger partial charge >= 0.3 is 0 Å². The average Bonchev–Trinajstić information content (AvgIpc) is 2.81. The van der Waals surface area contributed by atoms with Crippen LogP contribution in [0.5, 0.6) is 0 Å². The van der Waals surface area contributed by atoms with Gasteiger partial charge in [-0.2, -0.15) is 0 Å². The van der Waals surface area contributed by atoms with E-state index in [9.17, 15) is 9.59 Å². The zero-order chi connectivity index (χ0) is 20.9. The zero-order valence-electron chi connectivity index (χ0n) is 16.3. The second-order valence-electron chi connectivity index (χ2n) is 6.67. The summed E-state index contributed by atoms with van der Waals surface area (Å²) in [5, 5.41) is 2.98. The van der Waals surface area contributed by atoms with Gasteiger partial charge in [-0.1, -0.05) is 30.3 Å². The van der Waals surface area contributed by atoms with Crippen LogP contribution in [0.2, 0.25) is 0 Å². The predicted octanol–water partition coefficient (Wildman–Crippen LogP) is 3.20. The van der Waals surface area contributed by atoms with E-state index in [1.54, 1.807) is 49.9 Å². The van der Waals surface area contributed by atoms with E-state index in [1.165, 1.54) is 10.6 Å². The van der Waals surface area contributed by atoms with Crippen molar-refractivity contribution in [3.8, 4) is 22.5 Å². The summed E-state index contributed by atoms with van der Waals surface area (Å²) >= 11 is 0. The van der Waals surface area contributed by atoms with Crippen LogP contribution in [-0.4, -0.2) is 31.8 Å². The molecule has 30 heavy (non-hydrogen) atoms. The molecule has 4 aromatic rings. The molecule has 1 aromatic carbocycles. The number of anilines is 1. The van der Waals surface area contributed by atoms with E-state index >= 15 is 0 Å². The molecule has 7 nitrogen and oxygen atoms in total. The third-order valence-corrected chi connectivity index (χ3v) is 4.69. The van der Waals surface area contributed by atoms with Gasteiger partial charge in [0.25, 0.3) is 5.56 Å². The minimum absolute atomic E-state index is 0.0169. The van der Waals surface area contributed by atoms with Crippen molar-refractivity contribution in [1.82, 2.24) is 19.5 Å². The van der Waals surface area contributed by atoms with Crippen molar-refractivity contribution in [2.24, 2.45) is 7.05 Å². The molecule has 0 aliphatic rings. The maximum Gasteiger partial charge on any atom is 0.255 e. The van der Waals surface area contributed by atoms with Crippen molar-refractivity contribution in [3.05, 3.63) is 95.2 Å². The van der Waals surface area contributed by atoms with Crippen LogP contribution in [0.1, 0.15) is 10.4 Å². The summed E-state index contributed by atoms with van der Waals surface area (Å²) in [6.07, 6.45) is 5.01. The standard InChI is InChI=1S/C23H19N5O2/c1-28-22(30)14-20(17-9-12-24-13-10-17)27-23(28)26-15-21(29)18-7-5-16(6-8-18)19-4-2-3-11-25-19/h2-14H,15H2,1H3,(H,26,27). The molecule has 0 unspecified atom stereocenters. The lowest BCUT2D eigenvalue weighted by Crippen LogP contribution is -2.24. The molecule has 0 saturated heterocycles. The Kier molecular flexibility index (Phi) is 5.43. The normalized spacial score (nSPS) is 10.6. The first-order valence-electron chi connectivity index (χ1n) is 9.39. The highest BCUT2D eigenvalue weighted by atomic mass is 16.1. The Labute approximate surface area is 173 Å². The SMILES string of the molecule is Cn1c(NCC(=O)c2ccc(-c3ccccn3)cc2)nc(-c2ccncc2)cc1=O. The molecule has 0 spiro atoms. The van der Waals surface area contributed by atoms with Crippen LogP contribution in [-0.2, 0) is 7.05 Å². The van der Waals surface area contributed by atoms with Crippen LogP contribution in [0.25, 0.3) is 22.5 Å². The topological polar surface area (TPSA) is 89.8 Å².